The fraction of sp³-hybridized carbons (Fsp3) is 0.111. The molecule has 0 unspecified atom stereocenters. The molecule has 0 aliphatic heterocycles. The quantitative estimate of drug-likeness (QED) is 0.536. The molecule has 26 heavy (non-hydrogen) atoms. The lowest BCUT2D eigenvalue weighted by Crippen LogP contribution is -2.14. The van der Waals surface area contributed by atoms with Crippen molar-refractivity contribution in [2.24, 2.45) is 0 Å². The number of nitrogens with zero attached hydrogens (tertiary/aromatic N) is 2. The van der Waals surface area contributed by atoms with Gasteiger partial charge in [0.15, 0.2) is 0 Å². The van der Waals surface area contributed by atoms with Gasteiger partial charge in [0.2, 0.25) is 0 Å². The van der Waals surface area contributed by atoms with Gasteiger partial charge in [-0.05, 0) is 12.1 Å². The van der Waals surface area contributed by atoms with Crippen LogP contribution in [0.5, 0.6) is 0 Å². The lowest BCUT2D eigenvalue weighted by Gasteiger charge is -2.11. The van der Waals surface area contributed by atoms with E-state index in [4.69, 9.17) is 16.3 Å². The van der Waals surface area contributed by atoms with Crippen LogP contribution in [0.25, 0.3) is 10.9 Å². The minimum Gasteiger partial charge on any atom is -0.380 e. The van der Waals surface area contributed by atoms with Crippen LogP contribution in [0, 0.1) is 10.1 Å². The molecule has 3 rings (SSSR count). The van der Waals surface area contributed by atoms with Gasteiger partial charge < -0.3 is 10.1 Å². The molecule has 7 nitrogen and oxygen atoms in total. The number of methoxy groups -OCH3 is 1. The number of benzene rings is 2. The number of aromatic nitrogens is 1. The Morgan fingerprint density at radius 2 is 2.04 bits per heavy atom. The van der Waals surface area contributed by atoms with Crippen molar-refractivity contribution >= 4 is 39.8 Å². The van der Waals surface area contributed by atoms with Crippen LogP contribution in [-0.2, 0) is 11.3 Å². The normalized spacial score (nSPS) is 10.7. The first kappa shape index (κ1) is 17.8. The number of carbonyl (C=O) groups excluding carboxylic acids is 1. The number of para-hydroxylation sites is 2. The molecule has 1 aromatic heterocycles. The Hall–Kier alpha value is -3.03. The molecule has 0 radical (unpaired) electrons. The van der Waals surface area contributed by atoms with E-state index in [9.17, 15) is 14.9 Å². The summed E-state index contributed by atoms with van der Waals surface area (Å²) in [5.74, 6) is -0.594. The molecular weight excluding hydrogens is 358 g/mol. The summed E-state index contributed by atoms with van der Waals surface area (Å²) >= 11 is 6.39. The Labute approximate surface area is 153 Å². The van der Waals surface area contributed by atoms with Crippen molar-refractivity contribution in [1.82, 2.24) is 4.98 Å². The molecule has 2 aromatic carbocycles. The van der Waals surface area contributed by atoms with Gasteiger partial charge in [-0.2, -0.15) is 0 Å². The van der Waals surface area contributed by atoms with Crippen LogP contribution in [0.3, 0.4) is 0 Å². The molecule has 1 amide bonds. The molecule has 0 aliphatic rings. The molecule has 0 bridgehead atoms. The Balaban J connectivity index is 2.01. The zero-order chi connectivity index (χ0) is 18.7. The second kappa shape index (κ2) is 7.47. The van der Waals surface area contributed by atoms with Gasteiger partial charge in [-0.3, -0.25) is 19.9 Å². The first-order valence-electron chi connectivity index (χ1n) is 7.62. The molecule has 0 aliphatic carbocycles. The highest BCUT2D eigenvalue weighted by molar-refractivity contribution is 6.36. The summed E-state index contributed by atoms with van der Waals surface area (Å²) in [6.45, 7) is 0.314. The SMILES string of the molecule is COCc1cnc2c(NC(=O)c3ccccc3[N+](=O)[O-])cccc2c1Cl. The van der Waals surface area contributed by atoms with Crippen molar-refractivity contribution in [3.63, 3.8) is 0 Å². The molecular formula is C18H14ClN3O4. The van der Waals surface area contributed by atoms with Crippen molar-refractivity contribution in [3.05, 3.63) is 74.9 Å². The number of ether oxygens (including phenoxy) is 1. The Bertz CT molecular complexity index is 1010. The van der Waals surface area contributed by atoms with Crippen molar-refractivity contribution in [1.29, 1.82) is 0 Å². The van der Waals surface area contributed by atoms with Gasteiger partial charge in [-0.25, -0.2) is 0 Å². The van der Waals surface area contributed by atoms with E-state index in [2.05, 4.69) is 10.3 Å². The van der Waals surface area contributed by atoms with Gasteiger partial charge >= 0.3 is 0 Å². The maximum atomic E-state index is 12.5. The van der Waals surface area contributed by atoms with Crippen LogP contribution in [0.2, 0.25) is 5.02 Å². The fourth-order valence-electron chi connectivity index (χ4n) is 2.60. The number of amides is 1. The number of rotatable bonds is 5. The highest BCUT2D eigenvalue weighted by Gasteiger charge is 2.20. The number of fused-ring (bicyclic) bond motifs is 1. The molecule has 0 spiro atoms. The average molecular weight is 372 g/mol. The number of nitro benzene ring substituents is 1. The molecule has 8 heteroatoms. The fourth-order valence-corrected chi connectivity index (χ4v) is 2.86. The van der Waals surface area contributed by atoms with Gasteiger partial charge in [0.1, 0.15) is 5.56 Å². The van der Waals surface area contributed by atoms with Crippen molar-refractivity contribution in [2.75, 3.05) is 12.4 Å². The van der Waals surface area contributed by atoms with Gasteiger partial charge in [0, 0.05) is 30.3 Å². The molecule has 132 valence electrons. The van der Waals surface area contributed by atoms with E-state index in [0.29, 0.717) is 28.2 Å². The molecule has 0 saturated carbocycles. The molecule has 3 aromatic rings. The van der Waals surface area contributed by atoms with E-state index in [1.807, 2.05) is 0 Å². The van der Waals surface area contributed by atoms with Crippen LogP contribution in [0.1, 0.15) is 15.9 Å². The Morgan fingerprint density at radius 3 is 2.77 bits per heavy atom. The Morgan fingerprint density at radius 1 is 1.27 bits per heavy atom. The summed E-state index contributed by atoms with van der Waals surface area (Å²) in [6.07, 6.45) is 1.58. The van der Waals surface area contributed by atoms with E-state index in [1.54, 1.807) is 37.6 Å². The summed E-state index contributed by atoms with van der Waals surface area (Å²) in [5.41, 5.74) is 1.33. The summed E-state index contributed by atoms with van der Waals surface area (Å²) in [5, 5.41) is 14.9. The van der Waals surface area contributed by atoms with Gasteiger partial charge in [-0.1, -0.05) is 35.9 Å². The molecule has 0 saturated heterocycles. The monoisotopic (exact) mass is 371 g/mol. The topological polar surface area (TPSA) is 94.4 Å². The van der Waals surface area contributed by atoms with E-state index >= 15 is 0 Å². The lowest BCUT2D eigenvalue weighted by atomic mass is 10.1. The minimum absolute atomic E-state index is 0.0309. The molecule has 0 atom stereocenters. The van der Waals surface area contributed by atoms with Crippen LogP contribution < -0.4 is 5.32 Å². The second-order valence-corrected chi connectivity index (χ2v) is 5.84. The summed E-state index contributed by atoms with van der Waals surface area (Å²) in [6, 6.07) is 10.9. The number of carbonyl (C=O) groups is 1. The van der Waals surface area contributed by atoms with E-state index in [0.717, 1.165) is 5.56 Å². The number of hydrogen-bond acceptors (Lipinski definition) is 5. The summed E-state index contributed by atoms with van der Waals surface area (Å²) in [7, 11) is 1.56. The van der Waals surface area contributed by atoms with E-state index in [1.165, 1.54) is 18.2 Å². The number of pyridine rings is 1. The Kier molecular flexibility index (Phi) is 5.11. The van der Waals surface area contributed by atoms with Crippen LogP contribution in [-0.4, -0.2) is 22.9 Å². The van der Waals surface area contributed by atoms with Crippen LogP contribution >= 0.6 is 11.6 Å². The number of nitro groups is 1. The van der Waals surface area contributed by atoms with Crippen LogP contribution in [0.4, 0.5) is 11.4 Å². The number of anilines is 1. The molecule has 1 heterocycles. The standard InChI is InChI=1S/C18H14ClN3O4/c1-26-10-11-9-20-17-13(16(11)19)6-4-7-14(17)21-18(23)12-5-2-3-8-15(12)22(24)25/h2-9H,10H2,1H3,(H,21,23). The molecule has 1 N–H and O–H groups in total. The van der Waals surface area contributed by atoms with Crippen molar-refractivity contribution < 1.29 is 14.5 Å². The predicted octanol–water partition coefficient (Wildman–Crippen LogP) is 4.20. The van der Waals surface area contributed by atoms with Gasteiger partial charge in [0.05, 0.1) is 27.8 Å². The minimum atomic E-state index is -0.594. The average Bonchev–Trinajstić information content (AvgIpc) is 2.64. The van der Waals surface area contributed by atoms with E-state index < -0.39 is 10.8 Å². The first-order chi connectivity index (χ1) is 12.5. The zero-order valence-corrected chi connectivity index (χ0v) is 14.5. The summed E-state index contributed by atoms with van der Waals surface area (Å²) in [4.78, 5) is 27.4. The highest BCUT2D eigenvalue weighted by atomic mass is 35.5. The van der Waals surface area contributed by atoms with Crippen LogP contribution in [0.15, 0.2) is 48.7 Å². The third-order valence-corrected chi connectivity index (χ3v) is 4.24. The van der Waals surface area contributed by atoms with Gasteiger partial charge in [0.25, 0.3) is 11.6 Å². The number of hydrogen-bond donors (Lipinski definition) is 1. The van der Waals surface area contributed by atoms with Gasteiger partial charge in [-0.15, -0.1) is 0 Å². The number of nitrogens with one attached hydrogen (secondary N) is 1. The third kappa shape index (κ3) is 3.35. The van der Waals surface area contributed by atoms with Crippen molar-refractivity contribution in [3.8, 4) is 0 Å². The predicted molar refractivity (Wildman–Crippen MR) is 98.5 cm³/mol. The second-order valence-electron chi connectivity index (χ2n) is 5.46. The largest absolute Gasteiger partial charge is 0.380 e. The number of halogens is 1. The van der Waals surface area contributed by atoms with E-state index in [-0.39, 0.29) is 11.3 Å². The highest BCUT2D eigenvalue weighted by Crippen LogP contribution is 2.31. The molecule has 0 fully saturated rings. The zero-order valence-electron chi connectivity index (χ0n) is 13.7. The third-order valence-electron chi connectivity index (χ3n) is 3.80. The maximum absolute atomic E-state index is 12.5. The van der Waals surface area contributed by atoms with Crippen molar-refractivity contribution in [2.45, 2.75) is 6.61 Å². The lowest BCUT2D eigenvalue weighted by molar-refractivity contribution is -0.385. The smallest absolute Gasteiger partial charge is 0.282 e. The maximum Gasteiger partial charge on any atom is 0.282 e. The first-order valence-corrected chi connectivity index (χ1v) is 8.00. The summed E-state index contributed by atoms with van der Waals surface area (Å²) < 4.78 is 5.09.